The van der Waals surface area contributed by atoms with E-state index >= 15 is 0 Å². The Morgan fingerprint density at radius 3 is 2.64 bits per heavy atom. The summed E-state index contributed by atoms with van der Waals surface area (Å²) in [6, 6.07) is 6.03. The fourth-order valence-electron chi connectivity index (χ4n) is 2.88. The lowest BCUT2D eigenvalue weighted by molar-refractivity contribution is -0.173. The number of benzene rings is 1. The molecule has 0 bridgehead atoms. The van der Waals surface area contributed by atoms with Crippen molar-refractivity contribution in [2.45, 2.75) is 59.2 Å². The number of amides is 1. The van der Waals surface area contributed by atoms with Crippen LogP contribution in [-0.2, 0) is 4.79 Å². The van der Waals surface area contributed by atoms with Gasteiger partial charge in [0.1, 0.15) is 0 Å². The van der Waals surface area contributed by atoms with Crippen LogP contribution in [0, 0.1) is 12.8 Å². The van der Waals surface area contributed by atoms with E-state index in [1.807, 2.05) is 29.7 Å². The molecule has 1 aromatic carbocycles. The van der Waals surface area contributed by atoms with Crippen LogP contribution in [0.4, 0.5) is 19.1 Å². The fourth-order valence-corrected chi connectivity index (χ4v) is 2.88. The number of halogens is 3. The number of anilines is 1. The highest BCUT2D eigenvalue weighted by Crippen LogP contribution is 2.37. The molecule has 1 atom stereocenters. The van der Waals surface area contributed by atoms with Crippen LogP contribution in [0.2, 0.25) is 0 Å². The summed E-state index contributed by atoms with van der Waals surface area (Å²) in [6.45, 7) is 2.98. The van der Waals surface area contributed by atoms with Crippen LogP contribution in [-0.4, -0.2) is 21.6 Å². The van der Waals surface area contributed by atoms with Crippen molar-refractivity contribution in [3.63, 3.8) is 0 Å². The van der Waals surface area contributed by atoms with Crippen molar-refractivity contribution in [3.05, 3.63) is 23.8 Å². The molecule has 1 aliphatic rings. The molecule has 1 amide bonds. The number of alkyl halides is 3. The molecule has 2 aromatic rings. The van der Waals surface area contributed by atoms with Gasteiger partial charge in [0, 0.05) is 12.5 Å². The van der Waals surface area contributed by atoms with Crippen LogP contribution in [0.3, 0.4) is 0 Å². The molecule has 7 heteroatoms. The Morgan fingerprint density at radius 2 is 2.08 bits per heavy atom. The quantitative estimate of drug-likeness (QED) is 0.816. The molecule has 1 aromatic heterocycles. The molecule has 25 heavy (non-hydrogen) atoms. The fraction of sp³-hybridized carbons (Fsp3) is 0.556. The summed E-state index contributed by atoms with van der Waals surface area (Å²) >= 11 is 0. The first-order valence-corrected chi connectivity index (χ1v) is 8.11. The van der Waals surface area contributed by atoms with Gasteiger partial charge in [-0.3, -0.25) is 10.1 Å². The SMILES string of the molecule is C.Cc1ccc2nc(NC(=O)CC(C)C(F)(F)F)n(C3CCC3)c2c1. The molecule has 0 aliphatic heterocycles. The van der Waals surface area contributed by atoms with Gasteiger partial charge >= 0.3 is 6.18 Å². The molecule has 4 nitrogen and oxygen atoms in total. The molecule has 3 rings (SSSR count). The van der Waals surface area contributed by atoms with Crippen LogP contribution >= 0.6 is 0 Å². The number of carbonyl (C=O) groups is 1. The van der Waals surface area contributed by atoms with Gasteiger partial charge < -0.3 is 4.57 Å². The predicted octanol–water partition coefficient (Wildman–Crippen LogP) is 5.23. The molecular formula is C18H24F3N3O. The Morgan fingerprint density at radius 1 is 1.40 bits per heavy atom. The van der Waals surface area contributed by atoms with Crippen molar-refractivity contribution < 1.29 is 18.0 Å². The highest BCUT2D eigenvalue weighted by Gasteiger charge is 2.37. The molecule has 1 aliphatic carbocycles. The Labute approximate surface area is 145 Å². The first-order chi connectivity index (χ1) is 11.3. The predicted molar refractivity (Wildman–Crippen MR) is 92.6 cm³/mol. The van der Waals surface area contributed by atoms with Crippen LogP contribution in [0.5, 0.6) is 0 Å². The number of hydrogen-bond acceptors (Lipinski definition) is 2. The lowest BCUT2D eigenvalue weighted by Gasteiger charge is -2.29. The average molecular weight is 355 g/mol. The first kappa shape index (κ1) is 19.3. The van der Waals surface area contributed by atoms with E-state index in [1.54, 1.807) is 0 Å². The highest BCUT2D eigenvalue weighted by atomic mass is 19.4. The van der Waals surface area contributed by atoms with E-state index in [-0.39, 0.29) is 13.5 Å². The Kier molecular flexibility index (Phi) is 5.44. The summed E-state index contributed by atoms with van der Waals surface area (Å²) in [4.78, 5) is 16.4. The minimum atomic E-state index is -4.37. The molecule has 1 unspecified atom stereocenters. The summed E-state index contributed by atoms with van der Waals surface area (Å²) in [5.74, 6) is -1.99. The van der Waals surface area contributed by atoms with Crippen molar-refractivity contribution in [2.24, 2.45) is 5.92 Å². The molecule has 0 spiro atoms. The van der Waals surface area contributed by atoms with Crippen LogP contribution in [0.1, 0.15) is 51.6 Å². The average Bonchev–Trinajstić information content (AvgIpc) is 2.74. The summed E-state index contributed by atoms with van der Waals surface area (Å²) in [7, 11) is 0. The zero-order valence-electron chi connectivity index (χ0n) is 13.7. The Bertz CT molecular complexity index is 763. The maximum atomic E-state index is 12.6. The summed E-state index contributed by atoms with van der Waals surface area (Å²) < 4.78 is 39.9. The molecule has 138 valence electrons. The van der Waals surface area contributed by atoms with Crippen LogP contribution in [0.25, 0.3) is 11.0 Å². The third-order valence-corrected chi connectivity index (χ3v) is 4.59. The van der Waals surface area contributed by atoms with Gasteiger partial charge in [0.15, 0.2) is 0 Å². The van der Waals surface area contributed by atoms with E-state index in [4.69, 9.17) is 0 Å². The highest BCUT2D eigenvalue weighted by molar-refractivity contribution is 5.92. The van der Waals surface area contributed by atoms with Crippen molar-refractivity contribution in [2.75, 3.05) is 5.32 Å². The number of rotatable bonds is 4. The topological polar surface area (TPSA) is 46.9 Å². The van der Waals surface area contributed by atoms with Crippen molar-refractivity contribution in [1.29, 1.82) is 0 Å². The Balaban J connectivity index is 0.00000225. The van der Waals surface area contributed by atoms with Gasteiger partial charge in [-0.2, -0.15) is 13.2 Å². The van der Waals surface area contributed by atoms with Gasteiger partial charge in [-0.15, -0.1) is 0 Å². The van der Waals surface area contributed by atoms with E-state index < -0.39 is 24.4 Å². The second-order valence-electron chi connectivity index (χ2n) is 6.58. The first-order valence-electron chi connectivity index (χ1n) is 8.11. The van der Waals surface area contributed by atoms with E-state index in [2.05, 4.69) is 10.3 Å². The third-order valence-electron chi connectivity index (χ3n) is 4.59. The minimum absolute atomic E-state index is 0. The molecule has 1 saturated carbocycles. The molecular weight excluding hydrogens is 331 g/mol. The molecule has 0 saturated heterocycles. The number of aryl methyl sites for hydroxylation is 1. The smallest absolute Gasteiger partial charge is 0.307 e. The number of carbonyl (C=O) groups excluding carboxylic acids is 1. The van der Waals surface area contributed by atoms with Crippen molar-refractivity contribution in [1.82, 2.24) is 9.55 Å². The monoisotopic (exact) mass is 355 g/mol. The summed E-state index contributed by atoms with van der Waals surface area (Å²) in [5, 5.41) is 2.58. The molecule has 1 heterocycles. The van der Waals surface area contributed by atoms with E-state index in [0.717, 1.165) is 42.8 Å². The van der Waals surface area contributed by atoms with Gasteiger partial charge in [0.2, 0.25) is 11.9 Å². The molecule has 1 N–H and O–H groups in total. The summed E-state index contributed by atoms with van der Waals surface area (Å²) in [5.41, 5.74) is 2.73. The molecule has 0 radical (unpaired) electrons. The van der Waals surface area contributed by atoms with Crippen molar-refractivity contribution >= 4 is 22.9 Å². The largest absolute Gasteiger partial charge is 0.392 e. The second-order valence-corrected chi connectivity index (χ2v) is 6.58. The zero-order valence-corrected chi connectivity index (χ0v) is 13.7. The zero-order chi connectivity index (χ0) is 17.5. The normalized spacial score (nSPS) is 16.2. The van der Waals surface area contributed by atoms with Gasteiger partial charge in [-0.25, -0.2) is 4.98 Å². The molecule has 1 fully saturated rings. The van der Waals surface area contributed by atoms with Gasteiger partial charge in [0.05, 0.1) is 17.0 Å². The number of hydrogen-bond donors (Lipinski definition) is 1. The lowest BCUT2D eigenvalue weighted by atomic mass is 9.92. The van der Waals surface area contributed by atoms with Gasteiger partial charge in [-0.1, -0.05) is 20.4 Å². The Hall–Kier alpha value is -2.05. The van der Waals surface area contributed by atoms with Gasteiger partial charge in [-0.05, 0) is 43.9 Å². The maximum absolute atomic E-state index is 12.6. The lowest BCUT2D eigenvalue weighted by Crippen LogP contribution is -2.27. The maximum Gasteiger partial charge on any atom is 0.392 e. The van der Waals surface area contributed by atoms with E-state index in [1.165, 1.54) is 0 Å². The second kappa shape index (κ2) is 7.06. The summed E-state index contributed by atoms with van der Waals surface area (Å²) in [6.07, 6.45) is -1.89. The standard InChI is InChI=1S/C17H20F3N3O.CH4/c1-10-6-7-13-14(8-10)23(12-4-3-5-12)16(21-13)22-15(24)9-11(2)17(18,19)20;/h6-8,11-12H,3-5,9H2,1-2H3,(H,21,22,24);1H4. The third kappa shape index (κ3) is 3.96. The number of fused-ring (bicyclic) bond motifs is 1. The van der Waals surface area contributed by atoms with E-state index in [9.17, 15) is 18.0 Å². The number of nitrogens with one attached hydrogen (secondary N) is 1. The van der Waals surface area contributed by atoms with Crippen LogP contribution in [0.15, 0.2) is 18.2 Å². The van der Waals surface area contributed by atoms with Crippen molar-refractivity contribution in [3.8, 4) is 0 Å². The number of aromatic nitrogens is 2. The minimum Gasteiger partial charge on any atom is -0.307 e. The number of nitrogens with zero attached hydrogens (tertiary/aromatic N) is 2. The number of imidazole rings is 1. The van der Waals surface area contributed by atoms with Gasteiger partial charge in [0.25, 0.3) is 0 Å². The van der Waals surface area contributed by atoms with Crippen LogP contribution < -0.4 is 5.32 Å². The van der Waals surface area contributed by atoms with E-state index in [0.29, 0.717) is 5.95 Å².